The second kappa shape index (κ2) is 5.96. The molecular weight excluding hydrogens is 342 g/mol. The van der Waals surface area contributed by atoms with Crippen LogP contribution in [0, 0.1) is 4.51 Å². The summed E-state index contributed by atoms with van der Waals surface area (Å²) >= 11 is 8.92. The fraction of sp³-hybridized carbons (Fsp3) is 0.0556. The summed E-state index contributed by atoms with van der Waals surface area (Å²) in [5.41, 5.74) is 4.57. The van der Waals surface area contributed by atoms with E-state index in [9.17, 15) is 0 Å². The predicted molar refractivity (Wildman–Crippen MR) is 94.8 cm³/mol. The Kier molecular flexibility index (Phi) is 4.04. The second-order valence-corrected chi connectivity index (χ2v) is 6.28. The van der Waals surface area contributed by atoms with Crippen molar-refractivity contribution in [1.82, 2.24) is 4.57 Å². The average molecular weight is 356 g/mol. The van der Waals surface area contributed by atoms with Crippen molar-refractivity contribution in [3.8, 4) is 22.5 Å². The summed E-state index contributed by atoms with van der Waals surface area (Å²) in [4.78, 5) is 0. The van der Waals surface area contributed by atoms with Crippen molar-refractivity contribution in [2.75, 3.05) is 0 Å². The van der Waals surface area contributed by atoms with Gasteiger partial charge in [-0.05, 0) is 35.4 Å². The summed E-state index contributed by atoms with van der Waals surface area (Å²) in [6, 6.07) is 22.7. The van der Waals surface area contributed by atoms with Crippen LogP contribution in [0.5, 0.6) is 0 Å². The molecular formula is C18H14BrNS. The standard InChI is InChI=1S/C18H14BrNS/c1-20-17(13-5-3-2-4-6-13)11-16(21)12-18(20)14-7-9-15(19)10-8-14/h2-12H,1H3. The van der Waals surface area contributed by atoms with Crippen molar-refractivity contribution in [2.24, 2.45) is 7.05 Å². The van der Waals surface area contributed by atoms with Crippen LogP contribution in [0.15, 0.2) is 71.2 Å². The second-order valence-electron chi connectivity index (χ2n) is 4.89. The van der Waals surface area contributed by atoms with Crippen LogP contribution in [0.4, 0.5) is 0 Å². The molecule has 0 aliphatic rings. The Bertz CT molecular complexity index is 820. The lowest BCUT2D eigenvalue weighted by molar-refractivity contribution is 0.923. The van der Waals surface area contributed by atoms with Crippen molar-refractivity contribution < 1.29 is 0 Å². The Hall–Kier alpha value is -1.71. The lowest BCUT2D eigenvalue weighted by Gasteiger charge is -2.15. The van der Waals surface area contributed by atoms with E-state index in [2.05, 4.69) is 51.8 Å². The van der Waals surface area contributed by atoms with Gasteiger partial charge >= 0.3 is 0 Å². The molecule has 1 aromatic heterocycles. The van der Waals surface area contributed by atoms with Gasteiger partial charge in [-0.3, -0.25) is 0 Å². The molecule has 104 valence electrons. The van der Waals surface area contributed by atoms with Crippen LogP contribution >= 0.6 is 28.1 Å². The highest BCUT2D eigenvalue weighted by Crippen LogP contribution is 2.27. The SMILES string of the molecule is Cn1c(-c2ccccc2)cc(=S)cc1-c1ccc(Br)cc1. The number of pyridine rings is 1. The molecule has 1 nitrogen and oxygen atoms in total. The molecule has 1 heterocycles. The quantitative estimate of drug-likeness (QED) is 0.521. The molecule has 0 saturated heterocycles. The Morgan fingerprint density at radius 3 is 1.90 bits per heavy atom. The minimum Gasteiger partial charge on any atom is -0.344 e. The maximum Gasteiger partial charge on any atom is 0.0496 e. The molecule has 0 amide bonds. The van der Waals surface area contributed by atoms with Gasteiger partial charge in [-0.1, -0.05) is 70.6 Å². The van der Waals surface area contributed by atoms with Crippen LogP contribution in [0.3, 0.4) is 0 Å². The van der Waals surface area contributed by atoms with Crippen molar-refractivity contribution >= 4 is 28.1 Å². The summed E-state index contributed by atoms with van der Waals surface area (Å²) in [5, 5.41) is 0. The highest BCUT2D eigenvalue weighted by molar-refractivity contribution is 9.10. The van der Waals surface area contributed by atoms with Gasteiger partial charge in [0.1, 0.15) is 0 Å². The molecule has 0 bridgehead atoms. The highest BCUT2D eigenvalue weighted by Gasteiger charge is 2.07. The van der Waals surface area contributed by atoms with Crippen molar-refractivity contribution in [2.45, 2.75) is 0 Å². The number of halogens is 1. The van der Waals surface area contributed by atoms with E-state index >= 15 is 0 Å². The van der Waals surface area contributed by atoms with Gasteiger partial charge in [-0.25, -0.2) is 0 Å². The van der Waals surface area contributed by atoms with Crippen LogP contribution in [0.25, 0.3) is 22.5 Å². The number of hydrogen-bond donors (Lipinski definition) is 0. The number of benzene rings is 2. The van der Waals surface area contributed by atoms with Crippen molar-refractivity contribution in [3.05, 3.63) is 75.7 Å². The van der Waals surface area contributed by atoms with E-state index in [0.29, 0.717) is 0 Å². The Labute approximate surface area is 138 Å². The van der Waals surface area contributed by atoms with Gasteiger partial charge in [-0.15, -0.1) is 0 Å². The molecule has 0 fully saturated rings. The molecule has 0 unspecified atom stereocenters. The lowest BCUT2D eigenvalue weighted by Crippen LogP contribution is -2.01. The summed E-state index contributed by atoms with van der Waals surface area (Å²) in [5.74, 6) is 0. The first-order valence-corrected chi connectivity index (χ1v) is 7.88. The molecule has 3 heteroatoms. The van der Waals surface area contributed by atoms with Gasteiger partial charge in [0.2, 0.25) is 0 Å². The van der Waals surface area contributed by atoms with E-state index in [4.69, 9.17) is 12.2 Å². The molecule has 0 atom stereocenters. The first-order chi connectivity index (χ1) is 10.1. The third kappa shape index (κ3) is 2.99. The maximum absolute atomic E-state index is 5.45. The summed E-state index contributed by atoms with van der Waals surface area (Å²) in [6.07, 6.45) is 0. The van der Waals surface area contributed by atoms with E-state index in [1.807, 2.05) is 42.5 Å². The molecule has 0 aliphatic heterocycles. The molecule has 0 spiro atoms. The fourth-order valence-corrected chi connectivity index (χ4v) is 2.91. The van der Waals surface area contributed by atoms with Crippen LogP contribution in [0.2, 0.25) is 0 Å². The lowest BCUT2D eigenvalue weighted by atomic mass is 10.1. The van der Waals surface area contributed by atoms with Crippen LogP contribution in [-0.4, -0.2) is 4.57 Å². The molecule has 3 rings (SSSR count). The van der Waals surface area contributed by atoms with Gasteiger partial charge < -0.3 is 4.57 Å². The minimum absolute atomic E-state index is 0.852. The van der Waals surface area contributed by atoms with Crippen molar-refractivity contribution in [3.63, 3.8) is 0 Å². The molecule has 0 aliphatic carbocycles. The first kappa shape index (κ1) is 14.2. The van der Waals surface area contributed by atoms with E-state index in [1.54, 1.807) is 0 Å². The van der Waals surface area contributed by atoms with Crippen molar-refractivity contribution in [1.29, 1.82) is 0 Å². The smallest absolute Gasteiger partial charge is 0.0496 e. The van der Waals surface area contributed by atoms with E-state index < -0.39 is 0 Å². The number of aromatic nitrogens is 1. The molecule has 21 heavy (non-hydrogen) atoms. The average Bonchev–Trinajstić information content (AvgIpc) is 2.51. The largest absolute Gasteiger partial charge is 0.344 e. The van der Waals surface area contributed by atoms with Gasteiger partial charge in [0.25, 0.3) is 0 Å². The third-order valence-electron chi connectivity index (χ3n) is 3.49. The van der Waals surface area contributed by atoms with Crippen LogP contribution in [0.1, 0.15) is 0 Å². The molecule has 0 radical (unpaired) electrons. The molecule has 0 N–H and O–H groups in total. The predicted octanol–water partition coefficient (Wildman–Crippen LogP) is 5.85. The van der Waals surface area contributed by atoms with Gasteiger partial charge in [0.05, 0.1) is 0 Å². The zero-order valence-electron chi connectivity index (χ0n) is 11.6. The topological polar surface area (TPSA) is 4.93 Å². The minimum atomic E-state index is 0.852. The normalized spacial score (nSPS) is 10.6. The van der Waals surface area contributed by atoms with Crippen LogP contribution in [-0.2, 0) is 7.05 Å². The summed E-state index contributed by atoms with van der Waals surface area (Å²) in [7, 11) is 2.08. The number of rotatable bonds is 2. The van der Waals surface area contributed by atoms with Gasteiger partial charge in [0, 0.05) is 27.4 Å². The Balaban J connectivity index is 2.21. The summed E-state index contributed by atoms with van der Waals surface area (Å²) in [6.45, 7) is 0. The zero-order valence-corrected chi connectivity index (χ0v) is 14.0. The van der Waals surface area contributed by atoms with Crippen LogP contribution < -0.4 is 0 Å². The zero-order chi connectivity index (χ0) is 14.8. The summed E-state index contributed by atoms with van der Waals surface area (Å²) < 4.78 is 4.12. The fourth-order valence-electron chi connectivity index (χ4n) is 2.42. The Morgan fingerprint density at radius 1 is 0.810 bits per heavy atom. The molecule has 2 aromatic carbocycles. The number of nitrogens with zero attached hydrogens (tertiary/aromatic N) is 1. The first-order valence-electron chi connectivity index (χ1n) is 6.67. The maximum atomic E-state index is 5.45. The molecule has 0 saturated carbocycles. The highest BCUT2D eigenvalue weighted by atomic mass is 79.9. The molecule has 3 aromatic rings. The monoisotopic (exact) mass is 355 g/mol. The van der Waals surface area contributed by atoms with E-state index in [1.165, 1.54) is 5.56 Å². The Morgan fingerprint density at radius 2 is 1.33 bits per heavy atom. The van der Waals surface area contributed by atoms with Gasteiger partial charge in [0.15, 0.2) is 0 Å². The third-order valence-corrected chi connectivity index (χ3v) is 4.25. The van der Waals surface area contributed by atoms with Gasteiger partial charge in [-0.2, -0.15) is 0 Å². The number of hydrogen-bond acceptors (Lipinski definition) is 1. The van der Waals surface area contributed by atoms with E-state index in [-0.39, 0.29) is 0 Å². The van der Waals surface area contributed by atoms with E-state index in [0.717, 1.165) is 25.9 Å².